The molecule has 0 amide bonds. The average Bonchev–Trinajstić information content (AvgIpc) is 2.86. The summed E-state index contributed by atoms with van der Waals surface area (Å²) in [5, 5.41) is 0. The lowest BCUT2D eigenvalue weighted by Crippen LogP contribution is -2.09. The van der Waals surface area contributed by atoms with Gasteiger partial charge in [-0.2, -0.15) is 0 Å². The average molecular weight is 469 g/mol. The van der Waals surface area contributed by atoms with Crippen LogP contribution in [-0.2, 0) is 12.8 Å². The minimum atomic E-state index is -0.172. The molecule has 2 aromatic carbocycles. The van der Waals surface area contributed by atoms with E-state index >= 15 is 4.39 Å². The second-order valence-corrected chi connectivity index (χ2v) is 9.81. The maximum atomic E-state index is 15.2. The summed E-state index contributed by atoms with van der Waals surface area (Å²) in [6, 6.07) is 10.1. The molecule has 1 aliphatic rings. The molecule has 3 heteroatoms. The van der Waals surface area contributed by atoms with E-state index in [-0.39, 0.29) is 5.82 Å². The van der Waals surface area contributed by atoms with Crippen LogP contribution in [0.3, 0.4) is 0 Å². The molecule has 1 aliphatic carbocycles. The van der Waals surface area contributed by atoms with E-state index in [1.54, 1.807) is 0 Å². The Labute approximate surface area is 207 Å². The van der Waals surface area contributed by atoms with Gasteiger partial charge in [0.15, 0.2) is 11.6 Å². The minimum Gasteiger partial charge on any atom is -0.494 e. The number of halogens is 1. The predicted molar refractivity (Wildman–Crippen MR) is 142 cm³/mol. The Balaban J connectivity index is 1.48. The van der Waals surface area contributed by atoms with Crippen LogP contribution in [0, 0.1) is 5.82 Å². The Bertz CT molecular complexity index is 861. The summed E-state index contributed by atoms with van der Waals surface area (Å²) in [6.07, 6.45) is 17.8. The van der Waals surface area contributed by atoms with Crippen molar-refractivity contribution in [3.63, 3.8) is 0 Å². The molecule has 34 heavy (non-hydrogen) atoms. The lowest BCUT2D eigenvalue weighted by Gasteiger charge is -2.22. The third-order valence-corrected chi connectivity index (χ3v) is 6.99. The van der Waals surface area contributed by atoms with Crippen molar-refractivity contribution >= 4 is 0 Å². The molecule has 0 heterocycles. The summed E-state index contributed by atoms with van der Waals surface area (Å²) in [5.74, 6) is 1.17. The fourth-order valence-electron chi connectivity index (χ4n) is 4.91. The van der Waals surface area contributed by atoms with Crippen LogP contribution in [-0.4, -0.2) is 13.2 Å². The van der Waals surface area contributed by atoms with Gasteiger partial charge in [0.25, 0.3) is 0 Å². The molecule has 0 spiro atoms. The fourth-order valence-corrected chi connectivity index (χ4v) is 4.91. The summed E-state index contributed by atoms with van der Waals surface area (Å²) in [6.45, 7) is 5.86. The number of unbranched alkanes of at least 4 members (excludes halogenated alkanes) is 11. The van der Waals surface area contributed by atoms with Gasteiger partial charge in [-0.25, -0.2) is 4.39 Å². The fraction of sp³-hybridized carbons (Fsp3) is 0.613. The molecule has 188 valence electrons. The van der Waals surface area contributed by atoms with Gasteiger partial charge in [-0.3, -0.25) is 0 Å². The second kappa shape index (κ2) is 15.1. The summed E-state index contributed by atoms with van der Waals surface area (Å²) < 4.78 is 27.0. The monoisotopic (exact) mass is 468 g/mol. The van der Waals surface area contributed by atoms with Gasteiger partial charge in [-0.1, -0.05) is 96.6 Å². The molecule has 0 radical (unpaired) electrons. The molecule has 0 aromatic heterocycles. The zero-order chi connectivity index (χ0) is 24.0. The van der Waals surface area contributed by atoms with E-state index in [4.69, 9.17) is 9.47 Å². The third-order valence-electron chi connectivity index (χ3n) is 6.99. The molecular weight excluding hydrogens is 423 g/mol. The van der Waals surface area contributed by atoms with Gasteiger partial charge in [-0.15, -0.1) is 0 Å². The van der Waals surface area contributed by atoms with Crippen LogP contribution < -0.4 is 9.47 Å². The van der Waals surface area contributed by atoms with Crippen molar-refractivity contribution < 1.29 is 13.9 Å². The zero-order valence-electron chi connectivity index (χ0n) is 21.6. The maximum absolute atomic E-state index is 15.2. The largest absolute Gasteiger partial charge is 0.494 e. The van der Waals surface area contributed by atoms with Crippen LogP contribution in [0.2, 0.25) is 0 Å². The van der Waals surface area contributed by atoms with Crippen LogP contribution >= 0.6 is 0 Å². The van der Waals surface area contributed by atoms with Gasteiger partial charge in [0, 0.05) is 0 Å². The first-order valence-corrected chi connectivity index (χ1v) is 13.9. The molecule has 3 rings (SSSR count). The third kappa shape index (κ3) is 8.03. The molecule has 2 nitrogen and oxygen atoms in total. The second-order valence-electron chi connectivity index (χ2n) is 9.81. The Morgan fingerprint density at radius 3 is 1.91 bits per heavy atom. The Hall–Kier alpha value is -2.03. The molecule has 0 saturated carbocycles. The molecular formula is C31H45FO2. The van der Waals surface area contributed by atoms with Gasteiger partial charge in [-0.05, 0) is 66.1 Å². The van der Waals surface area contributed by atoms with Crippen molar-refractivity contribution in [1.82, 2.24) is 0 Å². The van der Waals surface area contributed by atoms with Gasteiger partial charge in [0.05, 0.1) is 13.2 Å². The smallest absolute Gasteiger partial charge is 0.168 e. The summed E-state index contributed by atoms with van der Waals surface area (Å²) in [7, 11) is 0. The minimum absolute atomic E-state index is 0.172. The molecule has 2 aromatic rings. The predicted octanol–water partition coefficient (Wildman–Crippen LogP) is 9.46. The van der Waals surface area contributed by atoms with E-state index < -0.39 is 0 Å². The van der Waals surface area contributed by atoms with Crippen LogP contribution in [0.25, 0.3) is 11.1 Å². The number of rotatable bonds is 17. The van der Waals surface area contributed by atoms with Crippen LogP contribution in [0.1, 0.15) is 108 Å². The molecule has 0 fully saturated rings. The van der Waals surface area contributed by atoms with E-state index in [0.717, 1.165) is 54.7 Å². The standard InChI is InChI=1S/C31H45FO2/c1-3-5-7-9-11-13-15-23-34-30-21-20-28-27-19-17-26(33-22-14-12-10-8-6-4-2)24-25(27)16-18-29(28)31(30)32/h17,19-21,24H,3-16,18,22-23H2,1-2H3. The quantitative estimate of drug-likeness (QED) is 0.215. The first-order chi connectivity index (χ1) is 16.7. The van der Waals surface area contributed by atoms with Crippen molar-refractivity contribution in [2.45, 2.75) is 110 Å². The number of fused-ring (bicyclic) bond motifs is 3. The van der Waals surface area contributed by atoms with Crippen molar-refractivity contribution in [3.05, 3.63) is 47.3 Å². The van der Waals surface area contributed by atoms with Crippen molar-refractivity contribution in [3.8, 4) is 22.6 Å². The highest BCUT2D eigenvalue weighted by atomic mass is 19.1. The summed E-state index contributed by atoms with van der Waals surface area (Å²) in [5.41, 5.74) is 4.18. The first kappa shape index (κ1) is 26.6. The number of ether oxygens (including phenoxy) is 2. The summed E-state index contributed by atoms with van der Waals surface area (Å²) in [4.78, 5) is 0. The highest BCUT2D eigenvalue weighted by Crippen LogP contribution is 2.39. The number of hydrogen-bond acceptors (Lipinski definition) is 2. The normalized spacial score (nSPS) is 12.3. The Morgan fingerprint density at radius 1 is 0.647 bits per heavy atom. The van der Waals surface area contributed by atoms with Gasteiger partial charge < -0.3 is 9.47 Å². The molecule has 0 aliphatic heterocycles. The highest BCUT2D eigenvalue weighted by molar-refractivity contribution is 5.75. The zero-order valence-corrected chi connectivity index (χ0v) is 21.6. The summed E-state index contributed by atoms with van der Waals surface area (Å²) >= 11 is 0. The van der Waals surface area contributed by atoms with Gasteiger partial charge in [0.1, 0.15) is 5.75 Å². The number of hydrogen-bond donors (Lipinski definition) is 0. The maximum Gasteiger partial charge on any atom is 0.168 e. The topological polar surface area (TPSA) is 18.5 Å². The van der Waals surface area contributed by atoms with E-state index in [0.29, 0.717) is 18.8 Å². The van der Waals surface area contributed by atoms with Gasteiger partial charge in [0.2, 0.25) is 0 Å². The lowest BCUT2D eigenvalue weighted by atomic mass is 9.85. The number of benzene rings is 2. The molecule has 0 bridgehead atoms. The van der Waals surface area contributed by atoms with Crippen LogP contribution in [0.5, 0.6) is 11.5 Å². The Morgan fingerprint density at radius 2 is 1.24 bits per heavy atom. The van der Waals surface area contributed by atoms with Crippen LogP contribution in [0.4, 0.5) is 4.39 Å². The van der Waals surface area contributed by atoms with E-state index in [1.165, 1.54) is 69.8 Å². The van der Waals surface area contributed by atoms with Crippen molar-refractivity contribution in [2.75, 3.05) is 13.2 Å². The number of aryl methyl sites for hydroxylation is 1. The van der Waals surface area contributed by atoms with Crippen LogP contribution in [0.15, 0.2) is 30.3 Å². The van der Waals surface area contributed by atoms with E-state index in [1.807, 2.05) is 18.2 Å². The first-order valence-electron chi connectivity index (χ1n) is 13.9. The van der Waals surface area contributed by atoms with Crippen molar-refractivity contribution in [1.29, 1.82) is 0 Å². The molecule has 0 unspecified atom stereocenters. The molecule has 0 saturated heterocycles. The van der Waals surface area contributed by atoms with E-state index in [2.05, 4.69) is 26.0 Å². The van der Waals surface area contributed by atoms with Gasteiger partial charge >= 0.3 is 0 Å². The Kier molecular flexibility index (Phi) is 11.8. The van der Waals surface area contributed by atoms with E-state index in [9.17, 15) is 0 Å². The van der Waals surface area contributed by atoms with Crippen molar-refractivity contribution in [2.24, 2.45) is 0 Å². The highest BCUT2D eigenvalue weighted by Gasteiger charge is 2.22. The molecule has 0 N–H and O–H groups in total. The SMILES string of the molecule is CCCCCCCCCOc1ccc2c(c1F)CCc1cc(OCCCCCCCC)ccc1-2. The molecule has 0 atom stereocenters. The lowest BCUT2D eigenvalue weighted by molar-refractivity contribution is 0.289.